The fraction of sp³-hybridized carbons (Fsp3) is 0.304. The molecule has 0 atom stereocenters. The van der Waals surface area contributed by atoms with Crippen molar-refractivity contribution < 1.29 is 14.6 Å². The summed E-state index contributed by atoms with van der Waals surface area (Å²) in [7, 11) is 0. The molecule has 2 aromatic rings. The number of nitrogens with zero attached hydrogens (tertiary/aromatic N) is 2. The minimum Gasteiger partial charge on any atom is -0.504 e. The Bertz CT molecular complexity index is 1000. The zero-order chi connectivity index (χ0) is 21.8. The molecule has 0 bridgehead atoms. The van der Waals surface area contributed by atoms with E-state index in [1.54, 1.807) is 11.0 Å². The van der Waals surface area contributed by atoms with Crippen molar-refractivity contribution in [2.24, 2.45) is 10.9 Å². The SMILES string of the molecule is CCOc1cc(/C=C2/SC(=Nc3ccc(C)cc3)N(CC(C)C)C2=O)cc(I)c1O. The Morgan fingerprint density at radius 1 is 1.27 bits per heavy atom. The van der Waals surface area contributed by atoms with Gasteiger partial charge in [0.15, 0.2) is 16.7 Å². The Morgan fingerprint density at radius 3 is 2.60 bits per heavy atom. The number of ether oxygens (including phenoxy) is 1. The predicted octanol–water partition coefficient (Wildman–Crippen LogP) is 5.96. The van der Waals surface area contributed by atoms with E-state index in [-0.39, 0.29) is 11.7 Å². The second-order valence-electron chi connectivity index (χ2n) is 7.43. The first-order valence-electron chi connectivity index (χ1n) is 9.80. The van der Waals surface area contributed by atoms with E-state index in [0.717, 1.165) is 11.3 Å². The molecule has 1 N–H and O–H groups in total. The monoisotopic (exact) mass is 536 g/mol. The molecular weight excluding hydrogens is 511 g/mol. The maximum atomic E-state index is 13.1. The number of aliphatic imine (C=N–C) groups is 1. The van der Waals surface area contributed by atoms with Gasteiger partial charge in [0.1, 0.15) is 0 Å². The smallest absolute Gasteiger partial charge is 0.266 e. The van der Waals surface area contributed by atoms with Gasteiger partial charge in [-0.15, -0.1) is 0 Å². The molecule has 0 aliphatic carbocycles. The van der Waals surface area contributed by atoms with Gasteiger partial charge in [0, 0.05) is 6.54 Å². The molecule has 2 aromatic carbocycles. The van der Waals surface area contributed by atoms with Gasteiger partial charge in [0.25, 0.3) is 5.91 Å². The minimum absolute atomic E-state index is 0.0550. The fourth-order valence-corrected chi connectivity index (χ4v) is 4.57. The first-order chi connectivity index (χ1) is 14.3. The zero-order valence-electron chi connectivity index (χ0n) is 17.5. The van der Waals surface area contributed by atoms with Gasteiger partial charge in [-0.25, -0.2) is 4.99 Å². The average molecular weight is 536 g/mol. The van der Waals surface area contributed by atoms with E-state index in [2.05, 4.69) is 36.4 Å². The molecule has 0 aromatic heterocycles. The summed E-state index contributed by atoms with van der Waals surface area (Å²) in [6.07, 6.45) is 1.84. The van der Waals surface area contributed by atoms with Crippen molar-refractivity contribution in [1.82, 2.24) is 4.90 Å². The van der Waals surface area contributed by atoms with Crippen LogP contribution in [-0.2, 0) is 4.79 Å². The van der Waals surface area contributed by atoms with E-state index in [0.29, 0.717) is 38.5 Å². The standard InChI is InChI=1S/C23H25IN2O3S/c1-5-29-19-11-16(10-18(24)21(19)27)12-20-22(28)26(13-14(2)3)23(30-20)25-17-8-6-15(4)7-9-17/h6-12,14,27H,5,13H2,1-4H3/b20-12+,25-23?. The number of halogens is 1. The molecule has 0 saturated carbocycles. The Balaban J connectivity index is 1.98. The first-order valence-corrected chi connectivity index (χ1v) is 11.7. The van der Waals surface area contributed by atoms with Crippen LogP contribution in [0.25, 0.3) is 6.08 Å². The van der Waals surface area contributed by atoms with Crippen LogP contribution in [0.5, 0.6) is 11.5 Å². The fourth-order valence-electron chi connectivity index (χ4n) is 2.94. The molecule has 3 rings (SSSR count). The topological polar surface area (TPSA) is 62.1 Å². The summed E-state index contributed by atoms with van der Waals surface area (Å²) in [6, 6.07) is 11.5. The van der Waals surface area contributed by atoms with Gasteiger partial charge in [-0.2, -0.15) is 0 Å². The lowest BCUT2D eigenvalue weighted by Crippen LogP contribution is -2.32. The molecule has 0 radical (unpaired) electrons. The lowest BCUT2D eigenvalue weighted by atomic mass is 10.1. The third-order valence-electron chi connectivity index (χ3n) is 4.34. The average Bonchev–Trinajstić information content (AvgIpc) is 2.96. The number of rotatable bonds is 6. The molecule has 0 unspecified atom stereocenters. The number of hydrogen-bond acceptors (Lipinski definition) is 5. The van der Waals surface area contributed by atoms with Gasteiger partial charge < -0.3 is 9.84 Å². The highest BCUT2D eigenvalue weighted by molar-refractivity contribution is 14.1. The largest absolute Gasteiger partial charge is 0.504 e. The summed E-state index contributed by atoms with van der Waals surface area (Å²) >= 11 is 3.44. The van der Waals surface area contributed by atoms with Crippen molar-refractivity contribution >= 4 is 57.2 Å². The maximum absolute atomic E-state index is 13.1. The van der Waals surface area contributed by atoms with Crippen molar-refractivity contribution in [3.8, 4) is 11.5 Å². The second-order valence-corrected chi connectivity index (χ2v) is 9.60. The van der Waals surface area contributed by atoms with E-state index in [9.17, 15) is 9.90 Å². The number of carbonyl (C=O) groups excluding carboxylic acids is 1. The molecule has 1 aliphatic rings. The molecule has 1 amide bonds. The Morgan fingerprint density at radius 2 is 1.97 bits per heavy atom. The Labute approximate surface area is 195 Å². The highest BCUT2D eigenvalue weighted by atomic mass is 127. The van der Waals surface area contributed by atoms with E-state index in [1.165, 1.54) is 17.3 Å². The Kier molecular flexibility index (Phi) is 7.46. The molecule has 1 saturated heterocycles. The molecule has 158 valence electrons. The van der Waals surface area contributed by atoms with E-state index < -0.39 is 0 Å². The highest BCUT2D eigenvalue weighted by Crippen LogP contribution is 2.37. The van der Waals surface area contributed by atoms with Crippen molar-refractivity contribution in [3.05, 3.63) is 56.0 Å². The van der Waals surface area contributed by atoms with Crippen LogP contribution < -0.4 is 4.74 Å². The summed E-state index contributed by atoms with van der Waals surface area (Å²) in [5, 5.41) is 10.9. The number of hydrogen-bond donors (Lipinski definition) is 1. The number of amides is 1. The quantitative estimate of drug-likeness (QED) is 0.366. The van der Waals surface area contributed by atoms with Crippen LogP contribution in [0.15, 0.2) is 46.3 Å². The van der Waals surface area contributed by atoms with Crippen molar-refractivity contribution in [2.45, 2.75) is 27.7 Å². The number of phenols is 1. The molecule has 30 heavy (non-hydrogen) atoms. The molecule has 0 spiro atoms. The number of aryl methyl sites for hydroxylation is 1. The van der Waals surface area contributed by atoms with Gasteiger partial charge in [-0.1, -0.05) is 31.5 Å². The van der Waals surface area contributed by atoms with Crippen molar-refractivity contribution in [2.75, 3.05) is 13.2 Å². The molecule has 1 heterocycles. The summed E-state index contributed by atoms with van der Waals surface area (Å²) in [5.41, 5.74) is 2.79. The van der Waals surface area contributed by atoms with Crippen LogP contribution in [0.4, 0.5) is 5.69 Å². The molecule has 7 heteroatoms. The van der Waals surface area contributed by atoms with Gasteiger partial charge in [0.2, 0.25) is 0 Å². The molecule has 5 nitrogen and oxygen atoms in total. The summed E-state index contributed by atoms with van der Waals surface area (Å²) in [5.74, 6) is 0.796. The van der Waals surface area contributed by atoms with Crippen molar-refractivity contribution in [1.29, 1.82) is 0 Å². The predicted molar refractivity (Wildman–Crippen MR) is 132 cm³/mol. The van der Waals surface area contributed by atoms with Crippen LogP contribution in [0, 0.1) is 16.4 Å². The number of phenolic OH excluding ortho intramolecular Hbond substituents is 1. The van der Waals surface area contributed by atoms with Crippen LogP contribution >= 0.6 is 34.4 Å². The lowest BCUT2D eigenvalue weighted by Gasteiger charge is -2.17. The lowest BCUT2D eigenvalue weighted by molar-refractivity contribution is -0.122. The zero-order valence-corrected chi connectivity index (χ0v) is 20.5. The Hall–Kier alpha value is -2.00. The minimum atomic E-state index is -0.0550. The van der Waals surface area contributed by atoms with Crippen LogP contribution in [0.1, 0.15) is 31.9 Å². The van der Waals surface area contributed by atoms with E-state index in [1.807, 2.05) is 50.3 Å². The normalized spacial score (nSPS) is 16.9. The number of amidine groups is 1. The van der Waals surface area contributed by atoms with Gasteiger partial charge in [-0.3, -0.25) is 9.69 Å². The molecule has 1 fully saturated rings. The number of carbonyl (C=O) groups is 1. The highest BCUT2D eigenvalue weighted by Gasteiger charge is 2.33. The second kappa shape index (κ2) is 9.87. The van der Waals surface area contributed by atoms with E-state index >= 15 is 0 Å². The van der Waals surface area contributed by atoms with Crippen LogP contribution in [0.3, 0.4) is 0 Å². The number of benzene rings is 2. The number of aromatic hydroxyl groups is 1. The van der Waals surface area contributed by atoms with Crippen LogP contribution in [0.2, 0.25) is 0 Å². The van der Waals surface area contributed by atoms with Gasteiger partial charge >= 0.3 is 0 Å². The van der Waals surface area contributed by atoms with Gasteiger partial charge in [-0.05, 0) is 90.0 Å². The maximum Gasteiger partial charge on any atom is 0.266 e. The van der Waals surface area contributed by atoms with Gasteiger partial charge in [0.05, 0.1) is 20.8 Å². The summed E-state index contributed by atoms with van der Waals surface area (Å²) < 4.78 is 6.20. The van der Waals surface area contributed by atoms with Crippen molar-refractivity contribution in [3.63, 3.8) is 0 Å². The molecular formula is C23H25IN2O3S. The summed E-state index contributed by atoms with van der Waals surface area (Å²) in [4.78, 5) is 20.2. The van der Waals surface area contributed by atoms with Crippen LogP contribution in [-0.4, -0.2) is 34.2 Å². The molecule has 1 aliphatic heterocycles. The third-order valence-corrected chi connectivity index (χ3v) is 6.17. The summed E-state index contributed by atoms with van der Waals surface area (Å²) in [6.45, 7) is 9.12. The number of thioether (sulfide) groups is 1. The first kappa shape index (κ1) is 22.7. The van der Waals surface area contributed by atoms with E-state index in [4.69, 9.17) is 9.73 Å². The third kappa shape index (κ3) is 5.37.